The van der Waals surface area contributed by atoms with Crippen molar-refractivity contribution in [3.63, 3.8) is 0 Å². The lowest BCUT2D eigenvalue weighted by atomic mass is 9.91. The maximum absolute atomic E-state index is 7.29. The van der Waals surface area contributed by atoms with E-state index in [0.717, 1.165) is 30.4 Å². The summed E-state index contributed by atoms with van der Waals surface area (Å²) in [7, 11) is -2.67. The molecule has 1 aliphatic heterocycles. The quantitative estimate of drug-likeness (QED) is 0.100. The van der Waals surface area contributed by atoms with Crippen LogP contribution >= 0.6 is 0 Å². The fourth-order valence-corrected chi connectivity index (χ4v) is 11.3. The number of benzene rings is 4. The summed E-state index contributed by atoms with van der Waals surface area (Å²) < 4.78 is 27.0. The Balaban J connectivity index is 1.36. The first-order valence-corrected chi connectivity index (χ1v) is 18.1. The molecule has 0 amide bonds. The number of rotatable bonds is 15. The highest BCUT2D eigenvalue weighted by atomic mass is 28.4. The summed E-state index contributed by atoms with van der Waals surface area (Å²) in [5.41, 5.74) is 1.85. The van der Waals surface area contributed by atoms with Gasteiger partial charge in [-0.25, -0.2) is 0 Å². The van der Waals surface area contributed by atoms with E-state index in [1.54, 1.807) is 0 Å². The van der Waals surface area contributed by atoms with Gasteiger partial charge in [-0.05, 0) is 39.4 Å². The summed E-state index contributed by atoms with van der Waals surface area (Å²) in [6.07, 6.45) is 3.90. The Hall–Kier alpha value is -3.32. The molecule has 0 bridgehead atoms. The van der Waals surface area contributed by atoms with Crippen LogP contribution in [0.3, 0.4) is 0 Å². The van der Waals surface area contributed by atoms with Gasteiger partial charge in [0.2, 0.25) is 0 Å². The van der Waals surface area contributed by atoms with Crippen molar-refractivity contribution in [3.05, 3.63) is 145 Å². The van der Waals surface area contributed by atoms with Gasteiger partial charge in [0.15, 0.2) is 0 Å². The molecule has 4 aromatic rings. The van der Waals surface area contributed by atoms with Gasteiger partial charge in [-0.15, -0.1) is 6.58 Å². The first kappa shape index (κ1) is 33.1. The minimum Gasteiger partial charge on any atom is -0.407 e. The zero-order valence-electron chi connectivity index (χ0n) is 27.1. The average molecular weight is 621 g/mol. The van der Waals surface area contributed by atoms with E-state index in [-0.39, 0.29) is 17.2 Å². The fourth-order valence-electron chi connectivity index (χ4n) is 6.70. The van der Waals surface area contributed by atoms with Gasteiger partial charge >= 0.3 is 0 Å². The predicted octanol–water partition coefficient (Wildman–Crippen LogP) is 7.86. The molecule has 5 heteroatoms. The molecule has 4 aromatic carbocycles. The van der Waals surface area contributed by atoms with E-state index < -0.39 is 13.9 Å². The Kier molecular flexibility index (Phi) is 11.2. The van der Waals surface area contributed by atoms with Gasteiger partial charge in [-0.3, -0.25) is 0 Å². The van der Waals surface area contributed by atoms with Crippen molar-refractivity contribution in [3.8, 4) is 0 Å². The van der Waals surface area contributed by atoms with Gasteiger partial charge in [0.25, 0.3) is 8.32 Å². The molecule has 4 nitrogen and oxygen atoms in total. The predicted molar refractivity (Wildman–Crippen MR) is 186 cm³/mol. The van der Waals surface area contributed by atoms with E-state index in [1.165, 1.54) is 10.4 Å². The summed E-state index contributed by atoms with van der Waals surface area (Å²) in [6.45, 7) is 13.2. The Bertz CT molecular complexity index is 1400. The highest BCUT2D eigenvalue weighted by molar-refractivity contribution is 6.99. The second-order valence-corrected chi connectivity index (χ2v) is 17.4. The van der Waals surface area contributed by atoms with Crippen LogP contribution in [-0.2, 0) is 31.9 Å². The molecule has 1 saturated heterocycles. The van der Waals surface area contributed by atoms with E-state index in [4.69, 9.17) is 18.6 Å². The summed E-state index contributed by atoms with van der Waals surface area (Å²) in [6, 6.07) is 42.2. The third-order valence-electron chi connectivity index (χ3n) is 8.90. The highest BCUT2D eigenvalue weighted by Gasteiger charge is 2.51. The van der Waals surface area contributed by atoms with Crippen LogP contribution in [0.25, 0.3) is 0 Å². The van der Waals surface area contributed by atoms with Gasteiger partial charge in [-0.1, -0.05) is 148 Å². The average Bonchev–Trinajstić information content (AvgIpc) is 3.40. The first-order valence-electron chi connectivity index (χ1n) is 16.2. The molecule has 0 aromatic heterocycles. The Morgan fingerprint density at radius 3 is 1.80 bits per heavy atom. The second-order valence-electron chi connectivity index (χ2n) is 13.1. The van der Waals surface area contributed by atoms with Crippen molar-refractivity contribution in [2.75, 3.05) is 13.2 Å². The molecule has 0 spiro atoms. The Morgan fingerprint density at radius 1 is 0.778 bits per heavy atom. The lowest BCUT2D eigenvalue weighted by Crippen LogP contribution is -2.66. The van der Waals surface area contributed by atoms with Gasteiger partial charge in [0, 0.05) is 13.0 Å². The Labute approximate surface area is 271 Å². The summed E-state index contributed by atoms with van der Waals surface area (Å²) in [5.74, 6) is 0. The number of hydrogen-bond donors (Lipinski definition) is 0. The van der Waals surface area contributed by atoms with Gasteiger partial charge in [0.05, 0.1) is 31.5 Å². The minimum absolute atomic E-state index is 0.0903. The first-order chi connectivity index (χ1) is 21.9. The summed E-state index contributed by atoms with van der Waals surface area (Å²) in [5, 5.41) is 2.47. The molecule has 45 heavy (non-hydrogen) atoms. The topological polar surface area (TPSA) is 36.9 Å². The third-order valence-corrected chi connectivity index (χ3v) is 13.9. The molecule has 5 rings (SSSR count). The summed E-state index contributed by atoms with van der Waals surface area (Å²) >= 11 is 0. The third kappa shape index (κ3) is 8.10. The van der Waals surface area contributed by atoms with Crippen molar-refractivity contribution in [1.29, 1.82) is 0 Å². The van der Waals surface area contributed by atoms with E-state index in [9.17, 15) is 0 Å². The monoisotopic (exact) mass is 620 g/mol. The maximum Gasteiger partial charge on any atom is 0.261 e. The van der Waals surface area contributed by atoms with Gasteiger partial charge in [0.1, 0.15) is 6.10 Å². The Morgan fingerprint density at radius 2 is 1.29 bits per heavy atom. The number of hydrogen-bond acceptors (Lipinski definition) is 4. The van der Waals surface area contributed by atoms with Crippen LogP contribution < -0.4 is 10.4 Å². The van der Waals surface area contributed by atoms with Crippen LogP contribution in [0.2, 0.25) is 5.04 Å². The van der Waals surface area contributed by atoms with Crippen LogP contribution in [-0.4, -0.2) is 39.3 Å². The normalized spacial score (nSPS) is 20.2. The molecule has 0 saturated carbocycles. The maximum atomic E-state index is 7.29. The van der Waals surface area contributed by atoms with Crippen LogP contribution in [0, 0.1) is 0 Å². The number of ether oxygens (including phenoxy) is 3. The minimum atomic E-state index is -2.67. The van der Waals surface area contributed by atoms with Gasteiger partial charge in [-0.2, -0.15) is 0 Å². The molecule has 1 fully saturated rings. The van der Waals surface area contributed by atoms with Crippen molar-refractivity contribution in [2.24, 2.45) is 0 Å². The van der Waals surface area contributed by atoms with E-state index >= 15 is 0 Å². The molecule has 1 aliphatic rings. The zero-order chi connectivity index (χ0) is 31.6. The molecule has 0 aliphatic carbocycles. The molecular weight excluding hydrogens is 573 g/mol. The van der Waals surface area contributed by atoms with Crippen LogP contribution in [0.15, 0.2) is 134 Å². The molecule has 236 valence electrons. The highest BCUT2D eigenvalue weighted by Crippen LogP contribution is 2.41. The van der Waals surface area contributed by atoms with Crippen LogP contribution in [0.5, 0.6) is 0 Å². The van der Waals surface area contributed by atoms with Crippen LogP contribution in [0.4, 0.5) is 0 Å². The van der Waals surface area contributed by atoms with Crippen molar-refractivity contribution < 1.29 is 18.6 Å². The van der Waals surface area contributed by atoms with Crippen molar-refractivity contribution >= 4 is 18.7 Å². The van der Waals surface area contributed by atoms with Crippen LogP contribution in [0.1, 0.15) is 51.2 Å². The molecule has 0 radical (unpaired) electrons. The SMILES string of the molecule is C=CC[C@@]1(CCO[Si](c2ccccc2)(c2ccccc2)C(C)(C)C)C[C@H](OCc2ccccc2)[C@@H](COCc2ccccc2)O1. The van der Waals surface area contributed by atoms with E-state index in [0.29, 0.717) is 26.4 Å². The van der Waals surface area contributed by atoms with Gasteiger partial charge < -0.3 is 18.6 Å². The lowest BCUT2D eigenvalue weighted by molar-refractivity contribution is -0.103. The zero-order valence-corrected chi connectivity index (χ0v) is 28.1. The molecular formula is C40H48O4Si. The van der Waals surface area contributed by atoms with E-state index in [2.05, 4.69) is 124 Å². The summed E-state index contributed by atoms with van der Waals surface area (Å²) in [4.78, 5) is 0. The standard InChI is InChI=1S/C40H48O4Si/c1-5-26-40(27-28-43-45(39(2,3)4,35-22-14-8-15-23-35)36-24-16-9-17-25-36)29-37(42-31-34-20-12-7-13-21-34)38(44-40)32-41-30-33-18-10-6-11-19-33/h5-25,37-38H,1,26-32H2,2-4H3/t37-,38+,40+/m0/s1. The van der Waals surface area contributed by atoms with Crippen molar-refractivity contribution in [2.45, 2.75) is 76.1 Å². The largest absolute Gasteiger partial charge is 0.407 e. The fraction of sp³-hybridized carbons (Fsp3) is 0.350. The van der Waals surface area contributed by atoms with Crippen molar-refractivity contribution in [1.82, 2.24) is 0 Å². The lowest BCUT2D eigenvalue weighted by Gasteiger charge is -2.43. The van der Waals surface area contributed by atoms with E-state index in [1.807, 2.05) is 30.3 Å². The molecule has 1 heterocycles. The molecule has 0 N–H and O–H groups in total. The molecule has 0 unspecified atom stereocenters. The second kappa shape index (κ2) is 15.3. The molecule has 3 atom stereocenters. The smallest absolute Gasteiger partial charge is 0.261 e.